The lowest BCUT2D eigenvalue weighted by atomic mass is 9.86. The van der Waals surface area contributed by atoms with Crippen molar-refractivity contribution in [3.8, 4) is 29.1 Å². The van der Waals surface area contributed by atoms with Crippen molar-refractivity contribution in [2.45, 2.75) is 77.1 Å². The SMILES string of the molecule is CC#CCC(C)C(O)C=CC1CCC2Oc3c(CCCC(=O)OCc4ccc(OC)cc4OC)cccc3C12. The Hall–Kier alpha value is -3.43. The molecule has 0 spiro atoms. The Morgan fingerprint density at radius 3 is 2.79 bits per heavy atom. The molecule has 1 heterocycles. The summed E-state index contributed by atoms with van der Waals surface area (Å²) in [6, 6.07) is 11.8. The van der Waals surface area contributed by atoms with Gasteiger partial charge in [-0.05, 0) is 62.1 Å². The minimum absolute atomic E-state index is 0.106. The van der Waals surface area contributed by atoms with Gasteiger partial charge in [0.15, 0.2) is 0 Å². The van der Waals surface area contributed by atoms with Crippen molar-refractivity contribution >= 4 is 5.97 Å². The highest BCUT2D eigenvalue weighted by molar-refractivity contribution is 5.69. The number of ether oxygens (including phenoxy) is 4. The average molecular weight is 533 g/mol. The molecule has 0 saturated heterocycles. The van der Waals surface area contributed by atoms with Gasteiger partial charge in [0, 0.05) is 36.0 Å². The van der Waals surface area contributed by atoms with Crippen LogP contribution in [0.15, 0.2) is 48.6 Å². The molecule has 2 aromatic carbocycles. The van der Waals surface area contributed by atoms with E-state index in [-0.39, 0.29) is 24.6 Å². The first-order valence-corrected chi connectivity index (χ1v) is 13.9. The number of carbonyl (C=O) groups excluding carboxylic acids is 1. The number of aryl methyl sites for hydroxylation is 1. The summed E-state index contributed by atoms with van der Waals surface area (Å²) < 4.78 is 22.6. The van der Waals surface area contributed by atoms with Gasteiger partial charge in [-0.3, -0.25) is 4.79 Å². The summed E-state index contributed by atoms with van der Waals surface area (Å²) in [6.07, 6.45) is 8.31. The zero-order chi connectivity index (χ0) is 27.8. The largest absolute Gasteiger partial charge is 0.497 e. The maximum absolute atomic E-state index is 12.4. The Kier molecular flexibility index (Phi) is 9.95. The van der Waals surface area contributed by atoms with Crippen LogP contribution in [0.5, 0.6) is 17.2 Å². The van der Waals surface area contributed by atoms with Gasteiger partial charge in [0.05, 0.1) is 20.3 Å². The van der Waals surface area contributed by atoms with Gasteiger partial charge in [-0.1, -0.05) is 37.3 Å². The number of aliphatic hydroxyl groups excluding tert-OH is 1. The van der Waals surface area contributed by atoms with Crippen molar-refractivity contribution in [3.63, 3.8) is 0 Å². The zero-order valence-electron chi connectivity index (χ0n) is 23.4. The minimum Gasteiger partial charge on any atom is -0.497 e. The van der Waals surface area contributed by atoms with Gasteiger partial charge in [-0.2, -0.15) is 0 Å². The second-order valence-electron chi connectivity index (χ2n) is 10.4. The molecule has 1 aliphatic carbocycles. The molecule has 1 aliphatic heterocycles. The van der Waals surface area contributed by atoms with Crippen LogP contribution < -0.4 is 14.2 Å². The zero-order valence-corrected chi connectivity index (χ0v) is 23.4. The first kappa shape index (κ1) is 28.6. The van der Waals surface area contributed by atoms with E-state index in [4.69, 9.17) is 18.9 Å². The number of esters is 1. The molecule has 4 rings (SSSR count). The molecule has 1 N–H and O–H groups in total. The van der Waals surface area contributed by atoms with Crippen LogP contribution in [-0.2, 0) is 22.6 Å². The van der Waals surface area contributed by atoms with Crippen LogP contribution in [-0.4, -0.2) is 37.5 Å². The lowest BCUT2D eigenvalue weighted by Gasteiger charge is -2.17. The van der Waals surface area contributed by atoms with E-state index in [1.807, 2.05) is 32.1 Å². The number of methoxy groups -OCH3 is 2. The second kappa shape index (κ2) is 13.6. The molecular formula is C33H40O6. The Bertz CT molecular complexity index is 1220. The van der Waals surface area contributed by atoms with Crippen molar-refractivity contribution in [1.29, 1.82) is 0 Å². The summed E-state index contributed by atoms with van der Waals surface area (Å²) in [5.74, 6) is 8.78. The molecule has 39 heavy (non-hydrogen) atoms. The molecule has 0 amide bonds. The summed E-state index contributed by atoms with van der Waals surface area (Å²) in [7, 11) is 3.18. The topological polar surface area (TPSA) is 74.2 Å². The van der Waals surface area contributed by atoms with E-state index in [0.29, 0.717) is 42.6 Å². The quantitative estimate of drug-likeness (QED) is 0.206. The number of allylic oxidation sites excluding steroid dienone is 1. The molecule has 1 fully saturated rings. The van der Waals surface area contributed by atoms with Crippen molar-refractivity contribution in [1.82, 2.24) is 0 Å². The fourth-order valence-corrected chi connectivity index (χ4v) is 5.58. The Labute approximate surface area is 232 Å². The van der Waals surface area contributed by atoms with Gasteiger partial charge < -0.3 is 24.1 Å². The van der Waals surface area contributed by atoms with Crippen molar-refractivity contribution in [2.75, 3.05) is 14.2 Å². The van der Waals surface area contributed by atoms with Gasteiger partial charge in [0.2, 0.25) is 0 Å². The van der Waals surface area contributed by atoms with Crippen LogP contribution in [0, 0.1) is 23.7 Å². The first-order valence-electron chi connectivity index (χ1n) is 13.9. The van der Waals surface area contributed by atoms with Crippen LogP contribution >= 0.6 is 0 Å². The van der Waals surface area contributed by atoms with Gasteiger partial charge >= 0.3 is 5.97 Å². The van der Waals surface area contributed by atoms with E-state index in [2.05, 4.69) is 36.1 Å². The predicted octanol–water partition coefficient (Wildman–Crippen LogP) is 5.99. The van der Waals surface area contributed by atoms with Crippen LogP contribution in [0.1, 0.15) is 68.6 Å². The number of rotatable bonds is 12. The molecule has 0 radical (unpaired) electrons. The number of fused-ring (bicyclic) bond motifs is 3. The van der Waals surface area contributed by atoms with E-state index in [1.54, 1.807) is 20.3 Å². The van der Waals surface area contributed by atoms with Crippen LogP contribution in [0.25, 0.3) is 0 Å². The Balaban J connectivity index is 1.31. The maximum Gasteiger partial charge on any atom is 0.306 e. The minimum atomic E-state index is -0.497. The summed E-state index contributed by atoms with van der Waals surface area (Å²) in [4.78, 5) is 12.4. The second-order valence-corrected chi connectivity index (χ2v) is 10.4. The first-order chi connectivity index (χ1) is 18.9. The molecule has 0 aromatic heterocycles. The van der Waals surface area contributed by atoms with E-state index in [1.165, 1.54) is 5.56 Å². The van der Waals surface area contributed by atoms with Gasteiger partial charge in [-0.15, -0.1) is 11.8 Å². The molecule has 2 aliphatic rings. The van der Waals surface area contributed by atoms with Gasteiger partial charge in [0.25, 0.3) is 0 Å². The standard InChI is InChI=1S/C33H40O6/c1-5-6-9-22(2)28(34)18-15-23-16-19-29-32(23)27-12-7-10-24(33(27)39-29)11-8-13-31(35)38-21-25-14-17-26(36-3)20-30(25)37-4/h7,10,12,14-15,17-18,20,22-23,28-29,32,34H,8-9,11,13,16,19,21H2,1-4H3. The number of hydrogen-bond acceptors (Lipinski definition) is 6. The predicted molar refractivity (Wildman–Crippen MR) is 151 cm³/mol. The Morgan fingerprint density at radius 1 is 1.18 bits per heavy atom. The number of aliphatic hydroxyl groups is 1. The molecular weight excluding hydrogens is 492 g/mol. The summed E-state index contributed by atoms with van der Waals surface area (Å²) >= 11 is 0. The highest BCUT2D eigenvalue weighted by Crippen LogP contribution is 2.52. The van der Waals surface area contributed by atoms with E-state index >= 15 is 0 Å². The molecule has 6 nitrogen and oxygen atoms in total. The third-order valence-corrected chi connectivity index (χ3v) is 7.85. The van der Waals surface area contributed by atoms with Crippen LogP contribution in [0.4, 0.5) is 0 Å². The molecule has 208 valence electrons. The van der Waals surface area contributed by atoms with Crippen molar-refractivity contribution in [2.24, 2.45) is 11.8 Å². The Morgan fingerprint density at radius 2 is 2.03 bits per heavy atom. The number of carbonyl (C=O) groups is 1. The maximum atomic E-state index is 12.4. The highest BCUT2D eigenvalue weighted by Gasteiger charge is 2.44. The summed E-state index contributed by atoms with van der Waals surface area (Å²) in [6.45, 7) is 4.02. The smallest absolute Gasteiger partial charge is 0.306 e. The molecule has 5 atom stereocenters. The normalized spacial score (nSPS) is 20.8. The molecule has 0 bridgehead atoms. The fraction of sp³-hybridized carbons (Fsp3) is 0.485. The van der Waals surface area contributed by atoms with Gasteiger partial charge in [-0.25, -0.2) is 0 Å². The lowest BCUT2D eigenvalue weighted by Crippen LogP contribution is -2.17. The fourth-order valence-electron chi connectivity index (χ4n) is 5.58. The number of para-hydroxylation sites is 1. The van der Waals surface area contributed by atoms with Crippen LogP contribution in [0.3, 0.4) is 0 Å². The molecule has 1 saturated carbocycles. The molecule has 6 heteroatoms. The molecule has 5 unspecified atom stereocenters. The third kappa shape index (κ3) is 6.96. The summed E-state index contributed by atoms with van der Waals surface area (Å²) in [5, 5.41) is 10.5. The van der Waals surface area contributed by atoms with E-state index in [0.717, 1.165) is 36.1 Å². The lowest BCUT2D eigenvalue weighted by molar-refractivity contribution is -0.145. The number of hydrogen-bond donors (Lipinski definition) is 1. The highest BCUT2D eigenvalue weighted by atomic mass is 16.5. The third-order valence-electron chi connectivity index (χ3n) is 7.85. The van der Waals surface area contributed by atoms with E-state index < -0.39 is 6.10 Å². The van der Waals surface area contributed by atoms with Gasteiger partial charge in [0.1, 0.15) is 30.0 Å². The van der Waals surface area contributed by atoms with Crippen molar-refractivity contribution < 1.29 is 28.8 Å². The monoisotopic (exact) mass is 532 g/mol. The number of benzene rings is 2. The van der Waals surface area contributed by atoms with Crippen molar-refractivity contribution in [3.05, 3.63) is 65.2 Å². The molecule has 2 aromatic rings. The van der Waals surface area contributed by atoms with E-state index in [9.17, 15) is 9.90 Å². The summed E-state index contributed by atoms with van der Waals surface area (Å²) in [5.41, 5.74) is 3.19. The van der Waals surface area contributed by atoms with Crippen LogP contribution in [0.2, 0.25) is 0 Å². The average Bonchev–Trinajstić information content (AvgIpc) is 3.53.